The molecule has 1 saturated heterocycles. The maximum absolute atomic E-state index is 10.9. The summed E-state index contributed by atoms with van der Waals surface area (Å²) in [5.74, 6) is 1.50. The van der Waals surface area contributed by atoms with E-state index in [4.69, 9.17) is 15.2 Å². The van der Waals surface area contributed by atoms with Gasteiger partial charge in [0, 0.05) is 11.5 Å². The smallest absolute Gasteiger partial charge is 0.416 e. The number of methoxy groups -OCH3 is 2. The number of primary amides is 1. The molecule has 0 unspecified atom stereocenters. The first kappa shape index (κ1) is 17.5. The van der Waals surface area contributed by atoms with Gasteiger partial charge in [0.25, 0.3) is 0 Å². The zero-order chi connectivity index (χ0) is 18.0. The van der Waals surface area contributed by atoms with Crippen molar-refractivity contribution in [3.8, 4) is 11.5 Å². The Morgan fingerprint density at radius 3 is 2.76 bits per heavy atom. The van der Waals surface area contributed by atoms with Crippen molar-refractivity contribution in [2.45, 2.75) is 37.1 Å². The van der Waals surface area contributed by atoms with Gasteiger partial charge in [-0.25, -0.2) is 4.79 Å². The number of nitrogens with zero attached hydrogens (tertiary/aromatic N) is 3. The van der Waals surface area contributed by atoms with Crippen molar-refractivity contribution in [1.82, 2.24) is 4.90 Å². The van der Waals surface area contributed by atoms with E-state index in [1.54, 1.807) is 14.2 Å². The Morgan fingerprint density at radius 2 is 2.08 bits per heavy atom. The largest absolute Gasteiger partial charge is 0.493 e. The van der Waals surface area contributed by atoms with Crippen LogP contribution in [0.3, 0.4) is 0 Å². The van der Waals surface area contributed by atoms with Gasteiger partial charge >= 0.3 is 11.7 Å². The second kappa shape index (κ2) is 6.86. The Kier molecular flexibility index (Phi) is 4.79. The van der Waals surface area contributed by atoms with E-state index < -0.39 is 6.03 Å². The van der Waals surface area contributed by atoms with Crippen LogP contribution >= 0.6 is 0 Å². The van der Waals surface area contributed by atoms with E-state index >= 15 is 0 Å². The number of nitrogens with two attached hydrogens (primary N) is 1. The summed E-state index contributed by atoms with van der Waals surface area (Å²) in [4.78, 5) is 17.3. The van der Waals surface area contributed by atoms with Gasteiger partial charge in [0.05, 0.1) is 31.9 Å². The normalized spacial score (nSPS) is 25.9. The summed E-state index contributed by atoms with van der Waals surface area (Å²) in [6.45, 7) is 1.03. The van der Waals surface area contributed by atoms with E-state index in [0.717, 1.165) is 49.4 Å². The monoisotopic (exact) mass is 345 g/mol. The fourth-order valence-electron chi connectivity index (χ4n) is 4.29. The molecule has 1 aromatic carbocycles. The van der Waals surface area contributed by atoms with E-state index in [0.29, 0.717) is 6.04 Å². The lowest BCUT2D eigenvalue weighted by Gasteiger charge is -2.39. The van der Waals surface area contributed by atoms with Crippen molar-refractivity contribution in [2.24, 2.45) is 10.8 Å². The summed E-state index contributed by atoms with van der Waals surface area (Å²) >= 11 is 0. The number of hydrogen-bond donors (Lipinski definition) is 1. The van der Waals surface area contributed by atoms with E-state index in [1.165, 1.54) is 5.56 Å². The average molecular weight is 345 g/mol. The molecule has 2 fully saturated rings. The molecule has 2 aliphatic rings. The van der Waals surface area contributed by atoms with Gasteiger partial charge in [-0.3, -0.25) is 0 Å². The first-order valence-corrected chi connectivity index (χ1v) is 8.49. The Hall–Kier alpha value is -2.37. The van der Waals surface area contributed by atoms with Crippen molar-refractivity contribution in [3.05, 3.63) is 23.8 Å². The predicted octanol–water partition coefficient (Wildman–Crippen LogP) is 2.01. The SMILES string of the molecule is COc1ccc([C@@]23CCC(=[N+]=NC(N)=O)C[C@@H]2N(C)CC3)cc1OC. The van der Waals surface area contributed by atoms with Crippen molar-refractivity contribution in [1.29, 1.82) is 0 Å². The predicted molar refractivity (Wildman–Crippen MR) is 93.4 cm³/mol. The molecule has 1 heterocycles. The zero-order valence-electron chi connectivity index (χ0n) is 15.0. The second-order valence-corrected chi connectivity index (χ2v) is 6.78. The van der Waals surface area contributed by atoms with Crippen molar-refractivity contribution >= 4 is 11.7 Å². The van der Waals surface area contributed by atoms with Crippen LogP contribution < -0.4 is 15.2 Å². The lowest BCUT2D eigenvalue weighted by atomic mass is 9.65. The number of urea groups is 1. The van der Waals surface area contributed by atoms with E-state index in [9.17, 15) is 4.79 Å². The number of carbonyl (C=O) groups excluding carboxylic acids is 1. The second-order valence-electron chi connectivity index (χ2n) is 6.78. The fraction of sp³-hybridized carbons (Fsp3) is 0.556. The Balaban J connectivity index is 1.98. The number of amides is 2. The van der Waals surface area contributed by atoms with Crippen molar-refractivity contribution in [2.75, 3.05) is 27.8 Å². The van der Waals surface area contributed by atoms with Gasteiger partial charge in [0.15, 0.2) is 16.6 Å². The molecule has 2 N–H and O–H groups in total. The minimum absolute atomic E-state index is 0.0556. The number of likely N-dealkylation sites (tertiary alicyclic amines) is 1. The summed E-state index contributed by atoms with van der Waals surface area (Å²) < 4.78 is 10.9. The van der Waals surface area contributed by atoms with Crippen molar-refractivity contribution < 1.29 is 19.1 Å². The van der Waals surface area contributed by atoms with Gasteiger partial charge in [0.2, 0.25) is 0 Å². The number of ether oxygens (including phenoxy) is 2. The molecule has 2 amide bonds. The molecule has 1 aromatic rings. The number of rotatable bonds is 3. The third kappa shape index (κ3) is 3.13. The lowest BCUT2D eigenvalue weighted by molar-refractivity contribution is -0.0875. The number of benzene rings is 1. The molecule has 1 aliphatic heterocycles. The van der Waals surface area contributed by atoms with Gasteiger partial charge in [0.1, 0.15) is 0 Å². The van der Waals surface area contributed by atoms with Crippen LogP contribution in [0.2, 0.25) is 0 Å². The topological polar surface area (TPSA) is 91.2 Å². The summed E-state index contributed by atoms with van der Waals surface area (Å²) in [6, 6.07) is 5.79. The number of fused-ring (bicyclic) bond motifs is 1. The van der Waals surface area contributed by atoms with Gasteiger partial charge in [-0.05, 0) is 44.1 Å². The molecular formula is C18H25N4O3+. The minimum Gasteiger partial charge on any atom is -0.493 e. The zero-order valence-corrected chi connectivity index (χ0v) is 15.0. The molecular weight excluding hydrogens is 320 g/mol. The highest BCUT2D eigenvalue weighted by molar-refractivity contribution is 5.82. The number of carbonyl (C=O) groups is 1. The number of likely N-dealkylation sites (N-methyl/N-ethyl adjacent to an activating group) is 1. The standard InChI is InChI=1S/C18H24N4O3/c1-22-9-8-18(12-4-5-14(24-2)15(10-12)25-3)7-6-13(11-16(18)22)20-21-17(19)23/h4-5,10,16H,6-9,11H2,1-3H3,(H-,19,23)/p+1/t16-,18-/m0/s1. The van der Waals surface area contributed by atoms with E-state index in [-0.39, 0.29) is 5.41 Å². The molecule has 1 saturated carbocycles. The quantitative estimate of drug-likeness (QED) is 0.670. The van der Waals surface area contributed by atoms with Crippen LogP contribution in [0, 0.1) is 0 Å². The maximum Gasteiger partial charge on any atom is 0.416 e. The van der Waals surface area contributed by atoms with Crippen LogP contribution in [0.25, 0.3) is 0 Å². The molecule has 0 radical (unpaired) electrons. The van der Waals surface area contributed by atoms with Gasteiger partial charge in [-0.2, -0.15) is 0 Å². The Bertz CT molecular complexity index is 742. The van der Waals surface area contributed by atoms with Crippen LogP contribution in [0.4, 0.5) is 4.79 Å². The third-order valence-corrected chi connectivity index (χ3v) is 5.62. The molecule has 1 aliphatic carbocycles. The van der Waals surface area contributed by atoms with Crippen LogP contribution in [0.1, 0.15) is 31.2 Å². The summed E-state index contributed by atoms with van der Waals surface area (Å²) in [7, 11) is 5.45. The molecule has 134 valence electrons. The van der Waals surface area contributed by atoms with Crippen LogP contribution in [-0.4, -0.2) is 55.3 Å². The first-order chi connectivity index (χ1) is 12.0. The van der Waals surface area contributed by atoms with Crippen molar-refractivity contribution in [3.63, 3.8) is 0 Å². The Morgan fingerprint density at radius 1 is 1.32 bits per heavy atom. The number of hydrogen-bond acceptors (Lipinski definition) is 4. The van der Waals surface area contributed by atoms with E-state index in [2.05, 4.69) is 34.0 Å². The molecule has 0 aromatic heterocycles. The van der Waals surface area contributed by atoms with Gasteiger partial charge in [-0.1, -0.05) is 6.07 Å². The molecule has 7 nitrogen and oxygen atoms in total. The molecule has 0 spiro atoms. The van der Waals surface area contributed by atoms with Crippen LogP contribution in [0.15, 0.2) is 23.3 Å². The average Bonchev–Trinajstić information content (AvgIpc) is 2.97. The summed E-state index contributed by atoms with van der Waals surface area (Å²) in [6.07, 6.45) is 3.66. The highest BCUT2D eigenvalue weighted by Crippen LogP contribution is 2.49. The molecule has 0 bridgehead atoms. The fourth-order valence-corrected chi connectivity index (χ4v) is 4.29. The molecule has 7 heteroatoms. The minimum atomic E-state index is -0.746. The molecule has 2 atom stereocenters. The van der Waals surface area contributed by atoms with Crippen LogP contribution in [0.5, 0.6) is 11.5 Å². The van der Waals surface area contributed by atoms with Crippen LogP contribution in [-0.2, 0) is 5.41 Å². The van der Waals surface area contributed by atoms with Gasteiger partial charge in [-0.15, -0.1) is 0 Å². The highest BCUT2D eigenvalue weighted by atomic mass is 16.5. The molecule has 25 heavy (non-hydrogen) atoms. The summed E-state index contributed by atoms with van der Waals surface area (Å²) in [5.41, 5.74) is 7.33. The lowest BCUT2D eigenvalue weighted by Crippen LogP contribution is -2.46. The third-order valence-electron chi connectivity index (χ3n) is 5.62. The highest BCUT2D eigenvalue weighted by Gasteiger charge is 2.52. The maximum atomic E-state index is 10.9. The summed E-state index contributed by atoms with van der Waals surface area (Å²) in [5, 5.41) is 3.50. The van der Waals surface area contributed by atoms with Gasteiger partial charge < -0.3 is 20.1 Å². The molecule has 3 rings (SSSR count). The Labute approximate surface area is 147 Å². The first-order valence-electron chi connectivity index (χ1n) is 8.49. The van der Waals surface area contributed by atoms with E-state index in [1.807, 2.05) is 6.07 Å².